The summed E-state index contributed by atoms with van der Waals surface area (Å²) in [7, 11) is 2.19. The molecule has 0 spiro atoms. The summed E-state index contributed by atoms with van der Waals surface area (Å²) in [5, 5.41) is 3.39. The lowest BCUT2D eigenvalue weighted by atomic mass is 10.0. The van der Waals surface area contributed by atoms with Gasteiger partial charge in [-0.3, -0.25) is 0 Å². The van der Waals surface area contributed by atoms with Crippen LogP contribution in [0.2, 0.25) is 0 Å². The van der Waals surface area contributed by atoms with Gasteiger partial charge in [0.2, 0.25) is 0 Å². The first-order valence-corrected chi connectivity index (χ1v) is 8.24. The van der Waals surface area contributed by atoms with Crippen LogP contribution in [-0.4, -0.2) is 38.3 Å². The van der Waals surface area contributed by atoms with Crippen molar-refractivity contribution in [3.63, 3.8) is 0 Å². The maximum absolute atomic E-state index is 5.84. The van der Waals surface area contributed by atoms with E-state index in [1.165, 1.54) is 18.4 Å². The van der Waals surface area contributed by atoms with Crippen LogP contribution in [0.25, 0.3) is 0 Å². The zero-order valence-corrected chi connectivity index (χ0v) is 13.8. The van der Waals surface area contributed by atoms with Crippen molar-refractivity contribution in [1.82, 2.24) is 10.2 Å². The molecule has 4 heteroatoms. The van der Waals surface area contributed by atoms with Gasteiger partial charge in [0.15, 0.2) is 0 Å². The largest absolute Gasteiger partial charge is 0.465 e. The summed E-state index contributed by atoms with van der Waals surface area (Å²) >= 11 is 0. The van der Waals surface area contributed by atoms with Crippen molar-refractivity contribution in [1.29, 1.82) is 0 Å². The summed E-state index contributed by atoms with van der Waals surface area (Å²) in [6.45, 7) is 10.0. The average Bonchev–Trinajstić information content (AvgIpc) is 2.80. The van der Waals surface area contributed by atoms with E-state index in [1.54, 1.807) is 0 Å². The third-order valence-corrected chi connectivity index (χ3v) is 4.06. The molecule has 1 fully saturated rings. The molecule has 2 heterocycles. The Labute approximate surface area is 128 Å². The molecule has 1 N–H and O–H groups in total. The molecular weight excluding hydrogens is 264 g/mol. The number of hydrogen-bond acceptors (Lipinski definition) is 4. The SMILES string of the molecule is CCCNCc1cc(CN(C)CC2CCCOC2)c(C)o1. The molecule has 1 unspecified atom stereocenters. The molecule has 0 saturated carbocycles. The minimum Gasteiger partial charge on any atom is -0.465 e. The Morgan fingerprint density at radius 3 is 3.00 bits per heavy atom. The molecule has 120 valence electrons. The Kier molecular flexibility index (Phi) is 6.74. The fourth-order valence-electron chi connectivity index (χ4n) is 2.97. The van der Waals surface area contributed by atoms with Crippen LogP contribution in [0, 0.1) is 12.8 Å². The molecular formula is C17H30N2O2. The lowest BCUT2D eigenvalue weighted by Crippen LogP contribution is -2.30. The third-order valence-electron chi connectivity index (χ3n) is 4.06. The van der Waals surface area contributed by atoms with Crippen molar-refractivity contribution in [2.45, 2.75) is 46.2 Å². The van der Waals surface area contributed by atoms with Crippen molar-refractivity contribution >= 4 is 0 Å². The van der Waals surface area contributed by atoms with Crippen molar-refractivity contribution in [3.8, 4) is 0 Å². The molecule has 0 radical (unpaired) electrons. The quantitative estimate of drug-likeness (QED) is 0.748. The molecule has 1 saturated heterocycles. The summed E-state index contributed by atoms with van der Waals surface area (Å²) in [4.78, 5) is 2.39. The van der Waals surface area contributed by atoms with E-state index in [1.807, 2.05) is 0 Å². The number of hydrogen-bond donors (Lipinski definition) is 1. The molecule has 1 aromatic heterocycles. The van der Waals surface area contributed by atoms with E-state index >= 15 is 0 Å². The van der Waals surface area contributed by atoms with Gasteiger partial charge in [-0.05, 0) is 51.8 Å². The maximum Gasteiger partial charge on any atom is 0.118 e. The molecule has 0 aromatic carbocycles. The molecule has 1 atom stereocenters. The Bertz CT molecular complexity index is 411. The molecule has 1 aliphatic heterocycles. The number of furan rings is 1. The first-order valence-electron chi connectivity index (χ1n) is 8.24. The second-order valence-electron chi connectivity index (χ2n) is 6.25. The number of nitrogens with zero attached hydrogens (tertiary/aromatic N) is 1. The lowest BCUT2D eigenvalue weighted by Gasteiger charge is -2.26. The summed E-state index contributed by atoms with van der Waals surface area (Å²) in [6, 6.07) is 2.20. The lowest BCUT2D eigenvalue weighted by molar-refractivity contribution is 0.0411. The van der Waals surface area contributed by atoms with Crippen molar-refractivity contribution in [2.24, 2.45) is 5.92 Å². The van der Waals surface area contributed by atoms with Gasteiger partial charge in [-0.1, -0.05) is 6.92 Å². The summed E-state index contributed by atoms with van der Waals surface area (Å²) < 4.78 is 11.4. The summed E-state index contributed by atoms with van der Waals surface area (Å²) in [5.41, 5.74) is 1.31. The smallest absolute Gasteiger partial charge is 0.118 e. The highest BCUT2D eigenvalue weighted by atomic mass is 16.5. The first kappa shape index (κ1) is 16.5. The topological polar surface area (TPSA) is 37.6 Å². The highest BCUT2D eigenvalue weighted by Crippen LogP contribution is 2.19. The van der Waals surface area contributed by atoms with Gasteiger partial charge in [0.1, 0.15) is 11.5 Å². The van der Waals surface area contributed by atoms with Crippen LogP contribution in [-0.2, 0) is 17.8 Å². The molecule has 21 heavy (non-hydrogen) atoms. The van der Waals surface area contributed by atoms with E-state index in [0.717, 1.165) is 57.3 Å². The molecule has 0 amide bonds. The van der Waals surface area contributed by atoms with Gasteiger partial charge in [-0.2, -0.15) is 0 Å². The molecule has 1 aromatic rings. The van der Waals surface area contributed by atoms with Crippen LogP contribution < -0.4 is 5.32 Å². The van der Waals surface area contributed by atoms with Crippen LogP contribution in [0.1, 0.15) is 43.3 Å². The minimum atomic E-state index is 0.682. The van der Waals surface area contributed by atoms with Gasteiger partial charge >= 0.3 is 0 Å². The maximum atomic E-state index is 5.84. The van der Waals surface area contributed by atoms with Gasteiger partial charge in [-0.15, -0.1) is 0 Å². The average molecular weight is 294 g/mol. The van der Waals surface area contributed by atoms with E-state index in [2.05, 4.69) is 37.2 Å². The summed E-state index contributed by atoms with van der Waals surface area (Å²) in [6.07, 6.45) is 3.65. The second-order valence-corrected chi connectivity index (χ2v) is 6.25. The molecule has 2 rings (SSSR count). The normalized spacial score (nSPS) is 19.3. The number of rotatable bonds is 8. The van der Waals surface area contributed by atoms with E-state index in [0.29, 0.717) is 5.92 Å². The Balaban J connectivity index is 1.80. The first-order chi connectivity index (χ1) is 10.2. The zero-order chi connectivity index (χ0) is 15.1. The van der Waals surface area contributed by atoms with Crippen molar-refractivity contribution < 1.29 is 9.15 Å². The van der Waals surface area contributed by atoms with Gasteiger partial charge in [0.25, 0.3) is 0 Å². The highest BCUT2D eigenvalue weighted by molar-refractivity contribution is 5.20. The van der Waals surface area contributed by atoms with Crippen LogP contribution in [0.3, 0.4) is 0 Å². The Hall–Kier alpha value is -0.840. The fourth-order valence-corrected chi connectivity index (χ4v) is 2.97. The third kappa shape index (κ3) is 5.46. The van der Waals surface area contributed by atoms with E-state index < -0.39 is 0 Å². The molecule has 0 aliphatic carbocycles. The predicted octanol–water partition coefficient (Wildman–Crippen LogP) is 2.95. The fraction of sp³-hybridized carbons (Fsp3) is 0.765. The molecule has 1 aliphatic rings. The Morgan fingerprint density at radius 1 is 1.43 bits per heavy atom. The second kappa shape index (κ2) is 8.57. The number of nitrogens with one attached hydrogen (secondary N) is 1. The standard InChI is InChI=1S/C17H30N2O2/c1-4-7-18-10-17-9-16(14(2)21-17)12-19(3)11-15-6-5-8-20-13-15/h9,15,18H,4-8,10-13H2,1-3H3. The predicted molar refractivity (Wildman–Crippen MR) is 85.3 cm³/mol. The monoisotopic (exact) mass is 294 g/mol. The van der Waals surface area contributed by atoms with Crippen molar-refractivity contribution in [2.75, 3.05) is 33.4 Å². The van der Waals surface area contributed by atoms with Crippen LogP contribution >= 0.6 is 0 Å². The van der Waals surface area contributed by atoms with Gasteiger partial charge < -0.3 is 19.4 Å². The minimum absolute atomic E-state index is 0.682. The Morgan fingerprint density at radius 2 is 2.29 bits per heavy atom. The van der Waals surface area contributed by atoms with Gasteiger partial charge in [0, 0.05) is 25.3 Å². The van der Waals surface area contributed by atoms with E-state index in [4.69, 9.17) is 9.15 Å². The van der Waals surface area contributed by atoms with Crippen molar-refractivity contribution in [3.05, 3.63) is 23.2 Å². The van der Waals surface area contributed by atoms with Gasteiger partial charge in [0.05, 0.1) is 13.2 Å². The zero-order valence-electron chi connectivity index (χ0n) is 13.8. The number of ether oxygens (including phenoxy) is 1. The molecule has 4 nitrogen and oxygen atoms in total. The van der Waals surface area contributed by atoms with Crippen LogP contribution in [0.5, 0.6) is 0 Å². The number of aryl methyl sites for hydroxylation is 1. The van der Waals surface area contributed by atoms with E-state index in [9.17, 15) is 0 Å². The molecule has 0 bridgehead atoms. The van der Waals surface area contributed by atoms with Crippen LogP contribution in [0.4, 0.5) is 0 Å². The summed E-state index contributed by atoms with van der Waals surface area (Å²) in [5.74, 6) is 2.78. The van der Waals surface area contributed by atoms with Gasteiger partial charge in [-0.25, -0.2) is 0 Å². The van der Waals surface area contributed by atoms with E-state index in [-0.39, 0.29) is 0 Å². The van der Waals surface area contributed by atoms with Crippen LogP contribution in [0.15, 0.2) is 10.5 Å². The highest BCUT2D eigenvalue weighted by Gasteiger charge is 2.17.